The third-order valence-corrected chi connectivity index (χ3v) is 3.74. The summed E-state index contributed by atoms with van der Waals surface area (Å²) < 4.78 is 16.0. The molecular formula is C17H22FN3. The molecular weight excluding hydrogens is 265 g/mol. The highest BCUT2D eigenvalue weighted by Gasteiger charge is 2.26. The molecule has 0 radical (unpaired) electrons. The number of hydrogen-bond acceptors (Lipinski definition) is 2. The number of aromatic nitrogens is 2. The zero-order valence-electron chi connectivity index (χ0n) is 12.9. The van der Waals surface area contributed by atoms with Crippen molar-refractivity contribution in [3.63, 3.8) is 0 Å². The zero-order valence-corrected chi connectivity index (χ0v) is 12.9. The fraction of sp³-hybridized carbons (Fsp3) is 0.471. The van der Waals surface area contributed by atoms with Gasteiger partial charge < -0.3 is 5.32 Å². The second-order valence-electron chi connectivity index (χ2n) is 6.80. The minimum absolute atomic E-state index is 0.0527. The van der Waals surface area contributed by atoms with E-state index in [0.717, 1.165) is 11.4 Å². The highest BCUT2D eigenvalue weighted by atomic mass is 19.1. The van der Waals surface area contributed by atoms with Crippen LogP contribution in [0.5, 0.6) is 0 Å². The number of rotatable bonds is 4. The van der Waals surface area contributed by atoms with Gasteiger partial charge in [0.15, 0.2) is 0 Å². The summed E-state index contributed by atoms with van der Waals surface area (Å²) in [5, 5.41) is 7.96. The zero-order chi connectivity index (χ0) is 15.0. The first-order valence-corrected chi connectivity index (χ1v) is 7.52. The summed E-state index contributed by atoms with van der Waals surface area (Å²) >= 11 is 0. The molecule has 112 valence electrons. The van der Waals surface area contributed by atoms with E-state index in [-0.39, 0.29) is 11.4 Å². The van der Waals surface area contributed by atoms with Crippen LogP contribution in [0, 0.1) is 5.82 Å². The summed E-state index contributed by atoms with van der Waals surface area (Å²) in [4.78, 5) is 0. The van der Waals surface area contributed by atoms with Crippen molar-refractivity contribution in [2.45, 2.75) is 51.6 Å². The van der Waals surface area contributed by atoms with Gasteiger partial charge >= 0.3 is 0 Å². The molecule has 1 aliphatic carbocycles. The van der Waals surface area contributed by atoms with Gasteiger partial charge in [-0.3, -0.25) is 0 Å². The van der Waals surface area contributed by atoms with Crippen LogP contribution in [-0.4, -0.2) is 15.3 Å². The molecule has 0 atom stereocenters. The van der Waals surface area contributed by atoms with E-state index >= 15 is 0 Å². The molecule has 4 heteroatoms. The van der Waals surface area contributed by atoms with Gasteiger partial charge in [0, 0.05) is 29.8 Å². The molecule has 0 amide bonds. The normalized spacial score (nSPS) is 15.4. The molecule has 21 heavy (non-hydrogen) atoms. The minimum Gasteiger partial charge on any atom is -0.308 e. The summed E-state index contributed by atoms with van der Waals surface area (Å²) in [6, 6.07) is 7.22. The van der Waals surface area contributed by atoms with Gasteiger partial charge in [0.25, 0.3) is 0 Å². The molecule has 2 aromatic rings. The minimum atomic E-state index is -0.187. The Kier molecular flexibility index (Phi) is 3.57. The third kappa shape index (κ3) is 3.32. The van der Waals surface area contributed by atoms with Crippen LogP contribution in [-0.2, 0) is 6.54 Å². The smallest absolute Gasteiger partial charge is 0.129 e. The average molecular weight is 287 g/mol. The van der Waals surface area contributed by atoms with E-state index in [1.807, 2.05) is 18.3 Å². The van der Waals surface area contributed by atoms with Gasteiger partial charge in [-0.1, -0.05) is 6.07 Å². The Morgan fingerprint density at radius 1 is 1.29 bits per heavy atom. The standard InChI is InChI=1S/C17H22FN3/c1-17(2,3)19-11-13-14(18)5-4-6-16(13)21-10-9-15(20-21)12-7-8-12/h4-6,9-10,12,19H,7-8,11H2,1-3H3. The molecule has 0 unspecified atom stereocenters. The van der Waals surface area contributed by atoms with E-state index in [0.29, 0.717) is 18.0 Å². The SMILES string of the molecule is CC(C)(C)NCc1c(F)cccc1-n1ccc(C2CC2)n1. The van der Waals surface area contributed by atoms with Gasteiger partial charge in [0.2, 0.25) is 0 Å². The number of benzene rings is 1. The Morgan fingerprint density at radius 3 is 2.71 bits per heavy atom. The van der Waals surface area contributed by atoms with Crippen LogP contribution in [0.2, 0.25) is 0 Å². The summed E-state index contributed by atoms with van der Waals surface area (Å²) in [6.45, 7) is 6.72. The van der Waals surface area contributed by atoms with Gasteiger partial charge in [-0.15, -0.1) is 0 Å². The van der Waals surface area contributed by atoms with Crippen LogP contribution < -0.4 is 5.32 Å². The van der Waals surface area contributed by atoms with Crippen LogP contribution >= 0.6 is 0 Å². The van der Waals surface area contributed by atoms with Gasteiger partial charge in [-0.2, -0.15) is 5.10 Å². The molecule has 1 fully saturated rings. The van der Waals surface area contributed by atoms with Crippen molar-refractivity contribution in [3.05, 3.63) is 47.5 Å². The highest BCUT2D eigenvalue weighted by molar-refractivity contribution is 5.41. The van der Waals surface area contributed by atoms with E-state index in [1.54, 1.807) is 10.7 Å². The van der Waals surface area contributed by atoms with Crippen molar-refractivity contribution in [2.24, 2.45) is 0 Å². The fourth-order valence-corrected chi connectivity index (χ4v) is 2.36. The Hall–Kier alpha value is -1.68. The molecule has 1 saturated carbocycles. The number of nitrogens with one attached hydrogen (secondary N) is 1. The second-order valence-corrected chi connectivity index (χ2v) is 6.80. The average Bonchev–Trinajstić information content (AvgIpc) is 3.14. The predicted octanol–water partition coefficient (Wildman–Crippen LogP) is 3.78. The molecule has 3 rings (SSSR count). The quantitative estimate of drug-likeness (QED) is 0.927. The van der Waals surface area contributed by atoms with Crippen molar-refractivity contribution in [1.29, 1.82) is 0 Å². The van der Waals surface area contributed by atoms with Crippen molar-refractivity contribution < 1.29 is 4.39 Å². The van der Waals surface area contributed by atoms with Gasteiger partial charge in [-0.25, -0.2) is 9.07 Å². The Bertz CT molecular complexity index is 636. The molecule has 1 aliphatic rings. The Morgan fingerprint density at radius 2 is 2.05 bits per heavy atom. The predicted molar refractivity (Wildman–Crippen MR) is 82.1 cm³/mol. The van der Waals surface area contributed by atoms with Crippen LogP contribution in [0.15, 0.2) is 30.5 Å². The van der Waals surface area contributed by atoms with E-state index < -0.39 is 0 Å². The molecule has 3 nitrogen and oxygen atoms in total. The van der Waals surface area contributed by atoms with Crippen LogP contribution in [0.1, 0.15) is 50.8 Å². The molecule has 0 saturated heterocycles. The first kappa shape index (κ1) is 14.3. The largest absolute Gasteiger partial charge is 0.308 e. The first-order chi connectivity index (χ1) is 9.94. The van der Waals surface area contributed by atoms with Gasteiger partial charge in [0.05, 0.1) is 11.4 Å². The van der Waals surface area contributed by atoms with Gasteiger partial charge in [-0.05, 0) is 51.8 Å². The summed E-state index contributed by atoms with van der Waals surface area (Å²) in [5.41, 5.74) is 2.55. The van der Waals surface area contributed by atoms with Crippen molar-refractivity contribution >= 4 is 0 Å². The van der Waals surface area contributed by atoms with Crippen molar-refractivity contribution in [2.75, 3.05) is 0 Å². The summed E-state index contributed by atoms with van der Waals surface area (Å²) in [7, 11) is 0. The molecule has 0 bridgehead atoms. The second kappa shape index (κ2) is 5.26. The Balaban J connectivity index is 1.91. The molecule has 1 N–H and O–H groups in total. The highest BCUT2D eigenvalue weighted by Crippen LogP contribution is 2.39. The molecule has 1 aromatic carbocycles. The molecule has 0 spiro atoms. The monoisotopic (exact) mass is 287 g/mol. The van der Waals surface area contributed by atoms with Crippen molar-refractivity contribution in [1.82, 2.24) is 15.1 Å². The lowest BCUT2D eigenvalue weighted by Gasteiger charge is -2.22. The Labute approximate surface area is 125 Å². The first-order valence-electron chi connectivity index (χ1n) is 7.52. The van der Waals surface area contributed by atoms with Crippen LogP contribution in [0.25, 0.3) is 5.69 Å². The summed E-state index contributed by atoms with van der Waals surface area (Å²) in [5.74, 6) is 0.420. The number of nitrogens with zero attached hydrogens (tertiary/aromatic N) is 2. The third-order valence-electron chi connectivity index (χ3n) is 3.74. The lowest BCUT2D eigenvalue weighted by atomic mass is 10.1. The number of hydrogen-bond donors (Lipinski definition) is 1. The van der Waals surface area contributed by atoms with Crippen LogP contribution in [0.3, 0.4) is 0 Å². The maximum Gasteiger partial charge on any atom is 0.129 e. The lowest BCUT2D eigenvalue weighted by molar-refractivity contribution is 0.418. The van der Waals surface area contributed by atoms with E-state index in [1.165, 1.54) is 18.9 Å². The van der Waals surface area contributed by atoms with E-state index in [9.17, 15) is 4.39 Å². The number of halogens is 1. The maximum atomic E-state index is 14.2. The van der Waals surface area contributed by atoms with E-state index in [2.05, 4.69) is 31.2 Å². The lowest BCUT2D eigenvalue weighted by Crippen LogP contribution is -2.35. The molecule has 1 aromatic heterocycles. The fourth-order valence-electron chi connectivity index (χ4n) is 2.36. The van der Waals surface area contributed by atoms with Crippen molar-refractivity contribution in [3.8, 4) is 5.69 Å². The van der Waals surface area contributed by atoms with Gasteiger partial charge in [0.1, 0.15) is 5.82 Å². The van der Waals surface area contributed by atoms with E-state index in [4.69, 9.17) is 0 Å². The summed E-state index contributed by atoms with van der Waals surface area (Å²) in [6.07, 6.45) is 4.38. The maximum absolute atomic E-state index is 14.2. The topological polar surface area (TPSA) is 29.9 Å². The molecule has 1 heterocycles. The van der Waals surface area contributed by atoms with Crippen LogP contribution in [0.4, 0.5) is 4.39 Å². The molecule has 0 aliphatic heterocycles.